The number of allylic oxidation sites excluding steroid dienone is 1. The van der Waals surface area contributed by atoms with Crippen LogP contribution in [0.1, 0.15) is 27.0 Å². The van der Waals surface area contributed by atoms with Gasteiger partial charge in [0.05, 0.1) is 20.0 Å². The van der Waals surface area contributed by atoms with E-state index in [9.17, 15) is 9.59 Å². The summed E-state index contributed by atoms with van der Waals surface area (Å²) < 4.78 is 16.7. The van der Waals surface area contributed by atoms with Crippen molar-refractivity contribution in [3.63, 3.8) is 0 Å². The van der Waals surface area contributed by atoms with E-state index in [0.717, 1.165) is 16.7 Å². The van der Waals surface area contributed by atoms with Gasteiger partial charge in [-0.15, -0.1) is 11.8 Å². The van der Waals surface area contributed by atoms with Crippen LogP contribution in [0.25, 0.3) is 6.08 Å². The van der Waals surface area contributed by atoms with Crippen LogP contribution in [0.3, 0.4) is 0 Å². The quantitative estimate of drug-likeness (QED) is 0.272. The van der Waals surface area contributed by atoms with Gasteiger partial charge in [-0.1, -0.05) is 42.5 Å². The molecule has 34 heavy (non-hydrogen) atoms. The van der Waals surface area contributed by atoms with Gasteiger partial charge in [0.1, 0.15) is 12.4 Å². The molecule has 0 atom stereocenters. The second kappa shape index (κ2) is 12.5. The first-order chi connectivity index (χ1) is 16.5. The summed E-state index contributed by atoms with van der Waals surface area (Å²) in [5.74, 6) is 1.17. The van der Waals surface area contributed by atoms with Crippen LogP contribution in [-0.4, -0.2) is 36.8 Å². The number of hydrogen-bond acceptors (Lipinski definition) is 6. The molecule has 176 valence electrons. The number of ether oxygens (including phenoxy) is 3. The fraction of sp³-hybridized carbons (Fsp3) is 0.185. The Kier molecular flexibility index (Phi) is 9.17. The molecule has 0 spiro atoms. The van der Waals surface area contributed by atoms with Gasteiger partial charge in [-0.3, -0.25) is 9.59 Å². The lowest BCUT2D eigenvalue weighted by Crippen LogP contribution is -2.01. The Hall–Kier alpha value is -3.71. The Labute approximate surface area is 203 Å². The van der Waals surface area contributed by atoms with Gasteiger partial charge < -0.3 is 19.3 Å². The number of methoxy groups -OCH3 is 2. The molecule has 3 aromatic carbocycles. The SMILES string of the molecule is COc1ccc(C(=O)/C=C/c2ccc(OCc3ccccc3)c(OC)c2)cc1CSCC(=O)O. The van der Waals surface area contributed by atoms with Gasteiger partial charge in [0.25, 0.3) is 0 Å². The van der Waals surface area contributed by atoms with Crippen LogP contribution in [0.2, 0.25) is 0 Å². The van der Waals surface area contributed by atoms with E-state index in [1.165, 1.54) is 17.8 Å². The van der Waals surface area contributed by atoms with E-state index >= 15 is 0 Å². The Morgan fingerprint density at radius 1 is 0.912 bits per heavy atom. The van der Waals surface area contributed by atoms with Crippen LogP contribution in [0.15, 0.2) is 72.8 Å². The highest BCUT2D eigenvalue weighted by Crippen LogP contribution is 2.30. The van der Waals surface area contributed by atoms with Crippen LogP contribution in [0.5, 0.6) is 17.2 Å². The van der Waals surface area contributed by atoms with E-state index in [0.29, 0.717) is 35.2 Å². The van der Waals surface area contributed by atoms with Gasteiger partial charge in [-0.05, 0) is 47.5 Å². The minimum absolute atomic E-state index is 0.0197. The first-order valence-electron chi connectivity index (χ1n) is 10.5. The van der Waals surface area contributed by atoms with Crippen LogP contribution >= 0.6 is 11.8 Å². The molecule has 0 aliphatic carbocycles. The fourth-order valence-electron chi connectivity index (χ4n) is 3.20. The smallest absolute Gasteiger partial charge is 0.313 e. The average Bonchev–Trinajstić information content (AvgIpc) is 2.86. The van der Waals surface area contributed by atoms with Crippen LogP contribution < -0.4 is 14.2 Å². The maximum Gasteiger partial charge on any atom is 0.313 e. The van der Waals surface area contributed by atoms with Gasteiger partial charge in [-0.25, -0.2) is 0 Å². The van der Waals surface area contributed by atoms with E-state index in [2.05, 4.69) is 0 Å². The number of hydrogen-bond donors (Lipinski definition) is 1. The first kappa shape index (κ1) is 24.9. The standard InChI is InChI=1S/C27H26O6S/c1-31-24-13-10-21(15-22(24)17-34-18-27(29)30)23(28)11-8-19-9-12-25(26(14-19)32-2)33-16-20-6-4-3-5-7-20/h3-15H,16-18H2,1-2H3,(H,29,30)/b11-8+. The highest BCUT2D eigenvalue weighted by Gasteiger charge is 2.10. The number of thioether (sulfide) groups is 1. The molecule has 0 heterocycles. The third-order valence-electron chi connectivity index (χ3n) is 4.90. The summed E-state index contributed by atoms with van der Waals surface area (Å²) in [5.41, 5.74) is 3.12. The number of ketones is 1. The van der Waals surface area contributed by atoms with Crippen molar-refractivity contribution in [1.82, 2.24) is 0 Å². The van der Waals surface area contributed by atoms with Crippen molar-refractivity contribution in [3.05, 3.63) is 95.1 Å². The molecule has 6 nitrogen and oxygen atoms in total. The number of carbonyl (C=O) groups is 2. The van der Waals surface area contributed by atoms with Crippen LogP contribution in [0.4, 0.5) is 0 Å². The maximum atomic E-state index is 12.7. The van der Waals surface area contributed by atoms with Gasteiger partial charge >= 0.3 is 5.97 Å². The monoisotopic (exact) mass is 478 g/mol. The van der Waals surface area contributed by atoms with Gasteiger partial charge in [0, 0.05) is 16.9 Å². The minimum Gasteiger partial charge on any atom is -0.496 e. The molecule has 0 aliphatic rings. The van der Waals surface area contributed by atoms with Crippen molar-refractivity contribution >= 4 is 29.6 Å². The van der Waals surface area contributed by atoms with Crippen molar-refractivity contribution in [3.8, 4) is 17.2 Å². The molecule has 0 unspecified atom stereocenters. The predicted molar refractivity (Wildman–Crippen MR) is 134 cm³/mol. The lowest BCUT2D eigenvalue weighted by Gasteiger charge is -2.11. The number of carboxylic acid groups (broad SMARTS) is 1. The largest absolute Gasteiger partial charge is 0.496 e. The third-order valence-corrected chi connectivity index (χ3v) is 5.87. The second-order valence-electron chi connectivity index (χ2n) is 7.30. The molecule has 3 rings (SSSR count). The summed E-state index contributed by atoms with van der Waals surface area (Å²) in [5, 5.41) is 8.84. The Morgan fingerprint density at radius 3 is 2.35 bits per heavy atom. The van der Waals surface area contributed by atoms with Crippen molar-refractivity contribution < 1.29 is 28.9 Å². The number of aliphatic carboxylic acids is 1. The van der Waals surface area contributed by atoms with Crippen LogP contribution in [-0.2, 0) is 17.2 Å². The van der Waals surface area contributed by atoms with Crippen molar-refractivity contribution in [2.45, 2.75) is 12.4 Å². The Bertz CT molecular complexity index is 1160. The number of carboxylic acids is 1. The number of carbonyl (C=O) groups excluding carboxylic acids is 1. The highest BCUT2D eigenvalue weighted by atomic mass is 32.2. The zero-order valence-corrected chi connectivity index (χ0v) is 19.8. The summed E-state index contributed by atoms with van der Waals surface area (Å²) in [6.07, 6.45) is 3.21. The van der Waals surface area contributed by atoms with Crippen LogP contribution in [0, 0.1) is 0 Å². The average molecular weight is 479 g/mol. The Morgan fingerprint density at radius 2 is 1.65 bits per heavy atom. The molecule has 3 aromatic rings. The van der Waals surface area contributed by atoms with Crippen molar-refractivity contribution in [2.75, 3.05) is 20.0 Å². The molecule has 0 fully saturated rings. The molecule has 0 amide bonds. The lowest BCUT2D eigenvalue weighted by atomic mass is 10.1. The zero-order valence-electron chi connectivity index (χ0n) is 19.0. The van der Waals surface area contributed by atoms with E-state index in [1.807, 2.05) is 48.5 Å². The number of benzene rings is 3. The molecule has 7 heteroatoms. The van der Waals surface area contributed by atoms with E-state index in [1.54, 1.807) is 38.5 Å². The molecular formula is C27H26O6S. The summed E-state index contributed by atoms with van der Waals surface area (Å²) in [4.78, 5) is 23.5. The van der Waals surface area contributed by atoms with Gasteiger partial charge in [-0.2, -0.15) is 0 Å². The summed E-state index contributed by atoms with van der Waals surface area (Å²) in [6.45, 7) is 0.426. The molecule has 0 bridgehead atoms. The van der Waals surface area contributed by atoms with Gasteiger partial charge in [0.2, 0.25) is 0 Å². The third kappa shape index (κ3) is 7.15. The predicted octanol–water partition coefficient (Wildman–Crippen LogP) is 5.50. The summed E-state index contributed by atoms with van der Waals surface area (Å²) in [6, 6.07) is 20.5. The molecule has 0 saturated heterocycles. The molecule has 0 radical (unpaired) electrons. The van der Waals surface area contributed by atoms with E-state index < -0.39 is 5.97 Å². The molecular weight excluding hydrogens is 452 g/mol. The lowest BCUT2D eigenvalue weighted by molar-refractivity contribution is -0.133. The van der Waals surface area contributed by atoms with E-state index in [4.69, 9.17) is 19.3 Å². The number of rotatable bonds is 12. The molecule has 0 aromatic heterocycles. The van der Waals surface area contributed by atoms with E-state index in [-0.39, 0.29) is 11.5 Å². The zero-order chi connectivity index (χ0) is 24.3. The normalized spacial score (nSPS) is 10.8. The maximum absolute atomic E-state index is 12.7. The summed E-state index contributed by atoms with van der Waals surface area (Å²) >= 11 is 1.25. The fourth-order valence-corrected chi connectivity index (χ4v) is 3.93. The van der Waals surface area contributed by atoms with Gasteiger partial charge in [0.15, 0.2) is 17.3 Å². The first-order valence-corrected chi connectivity index (χ1v) is 11.7. The van der Waals surface area contributed by atoms with Crippen molar-refractivity contribution in [2.24, 2.45) is 0 Å². The molecule has 1 N–H and O–H groups in total. The summed E-state index contributed by atoms with van der Waals surface area (Å²) in [7, 11) is 3.12. The topological polar surface area (TPSA) is 82.1 Å². The molecule has 0 aliphatic heterocycles. The second-order valence-corrected chi connectivity index (χ2v) is 8.28. The highest BCUT2D eigenvalue weighted by molar-refractivity contribution is 7.99. The molecule has 0 saturated carbocycles. The Balaban J connectivity index is 1.69. The van der Waals surface area contributed by atoms with Crippen molar-refractivity contribution in [1.29, 1.82) is 0 Å². The minimum atomic E-state index is -0.883.